The maximum Gasteiger partial charge on any atom is 0.283 e. The molecule has 92 valence electrons. The molecule has 0 amide bonds. The number of aromatic amines is 2. The molecule has 2 aromatic rings. The van der Waals surface area contributed by atoms with E-state index in [1.807, 2.05) is 19.1 Å². The Labute approximate surface area is 107 Å². The average molecular weight is 262 g/mol. The predicted molar refractivity (Wildman–Crippen MR) is 69.3 cm³/mol. The van der Waals surface area contributed by atoms with Crippen molar-refractivity contribution in [1.29, 1.82) is 0 Å². The van der Waals surface area contributed by atoms with Gasteiger partial charge in [-0.05, 0) is 36.8 Å². The van der Waals surface area contributed by atoms with Gasteiger partial charge in [-0.25, -0.2) is 0 Å². The number of azo groups is 1. The molecule has 18 heavy (non-hydrogen) atoms. The monoisotopic (exact) mass is 262 g/mol. The number of hydrogen-bond acceptors (Lipinski definition) is 5. The van der Waals surface area contributed by atoms with Gasteiger partial charge in [-0.2, -0.15) is 5.11 Å². The summed E-state index contributed by atoms with van der Waals surface area (Å²) in [4.78, 5) is 16.2. The molecule has 2 rings (SSSR count). The molecule has 0 aliphatic rings. The van der Waals surface area contributed by atoms with E-state index in [9.17, 15) is 9.90 Å². The lowest BCUT2D eigenvalue weighted by Crippen LogP contribution is -2.06. The maximum absolute atomic E-state index is 11.5. The zero-order valence-corrected chi connectivity index (χ0v) is 10.3. The molecule has 0 spiro atoms. The SMILES string of the molecule is Cc1cccc(N=Nc2c(O)[nH]c(=S)[nH]c2=O)c1. The van der Waals surface area contributed by atoms with Crippen LogP contribution >= 0.6 is 12.2 Å². The number of aryl methyl sites for hydroxylation is 1. The van der Waals surface area contributed by atoms with Crippen molar-refractivity contribution in [3.63, 3.8) is 0 Å². The van der Waals surface area contributed by atoms with Crippen LogP contribution in [0.3, 0.4) is 0 Å². The zero-order valence-electron chi connectivity index (χ0n) is 9.47. The minimum absolute atomic E-state index is 0.0343. The molecule has 0 aliphatic carbocycles. The van der Waals surface area contributed by atoms with Crippen LogP contribution in [-0.4, -0.2) is 15.1 Å². The Hall–Kier alpha value is -2.28. The lowest BCUT2D eigenvalue weighted by molar-refractivity contribution is 0.451. The molecule has 1 aromatic heterocycles. The van der Waals surface area contributed by atoms with Gasteiger partial charge < -0.3 is 10.1 Å². The minimum atomic E-state index is -0.590. The highest BCUT2D eigenvalue weighted by Gasteiger charge is 2.05. The summed E-state index contributed by atoms with van der Waals surface area (Å²) in [6.07, 6.45) is 0. The van der Waals surface area contributed by atoms with E-state index in [0.717, 1.165) is 5.56 Å². The fraction of sp³-hybridized carbons (Fsp3) is 0.0909. The Balaban J connectivity index is 2.41. The van der Waals surface area contributed by atoms with E-state index in [2.05, 4.69) is 20.2 Å². The molecule has 0 saturated heterocycles. The first kappa shape index (κ1) is 12.2. The minimum Gasteiger partial charge on any atom is -0.493 e. The summed E-state index contributed by atoms with van der Waals surface area (Å²) in [5.74, 6) is -0.403. The summed E-state index contributed by atoms with van der Waals surface area (Å²) in [5, 5.41) is 17.1. The molecule has 3 N–H and O–H groups in total. The molecular weight excluding hydrogens is 252 g/mol. The van der Waals surface area contributed by atoms with Crippen molar-refractivity contribution in [3.05, 3.63) is 45.0 Å². The van der Waals surface area contributed by atoms with Crippen LogP contribution in [0.2, 0.25) is 0 Å². The quantitative estimate of drug-likeness (QED) is 0.573. The molecule has 6 nitrogen and oxygen atoms in total. The molecule has 0 aliphatic heterocycles. The van der Waals surface area contributed by atoms with Crippen LogP contribution in [-0.2, 0) is 0 Å². The van der Waals surface area contributed by atoms with Crippen LogP contribution in [0, 0.1) is 11.7 Å². The number of nitrogens with one attached hydrogen (secondary N) is 2. The highest BCUT2D eigenvalue weighted by Crippen LogP contribution is 2.21. The smallest absolute Gasteiger partial charge is 0.283 e. The second-order valence-corrected chi connectivity index (χ2v) is 4.05. The summed E-state index contributed by atoms with van der Waals surface area (Å²) in [5.41, 5.74) is 0.825. The lowest BCUT2D eigenvalue weighted by atomic mass is 10.2. The Kier molecular flexibility index (Phi) is 3.33. The molecule has 0 atom stereocenters. The first-order valence-corrected chi connectivity index (χ1v) is 5.51. The van der Waals surface area contributed by atoms with Crippen molar-refractivity contribution in [3.8, 4) is 5.88 Å². The van der Waals surface area contributed by atoms with E-state index >= 15 is 0 Å². The molecule has 0 bridgehead atoms. The van der Waals surface area contributed by atoms with Gasteiger partial charge in [-0.3, -0.25) is 9.78 Å². The van der Waals surface area contributed by atoms with Gasteiger partial charge in [-0.15, -0.1) is 5.11 Å². The lowest BCUT2D eigenvalue weighted by Gasteiger charge is -1.97. The number of H-pyrrole nitrogens is 2. The Bertz CT molecular complexity index is 717. The number of benzene rings is 1. The van der Waals surface area contributed by atoms with Crippen LogP contribution in [0.25, 0.3) is 0 Å². The van der Waals surface area contributed by atoms with Crippen LogP contribution in [0.4, 0.5) is 11.4 Å². The zero-order chi connectivity index (χ0) is 13.1. The van der Waals surface area contributed by atoms with Crippen molar-refractivity contribution in [2.24, 2.45) is 10.2 Å². The van der Waals surface area contributed by atoms with Gasteiger partial charge >= 0.3 is 0 Å². The standard InChI is InChI=1S/C11H10N4O2S/c1-6-3-2-4-7(5-6)14-15-8-9(16)12-11(18)13-10(8)17/h2-5H,1H3,(H3,12,13,16,17,18). The van der Waals surface area contributed by atoms with Crippen molar-refractivity contribution in [2.75, 3.05) is 0 Å². The summed E-state index contributed by atoms with van der Waals surface area (Å²) in [7, 11) is 0. The van der Waals surface area contributed by atoms with Crippen LogP contribution < -0.4 is 5.56 Å². The fourth-order valence-corrected chi connectivity index (χ4v) is 1.55. The van der Waals surface area contributed by atoms with E-state index in [1.165, 1.54) is 0 Å². The first-order chi connectivity index (χ1) is 8.56. The van der Waals surface area contributed by atoms with Crippen LogP contribution in [0.1, 0.15) is 5.56 Å². The number of aromatic nitrogens is 2. The molecule has 0 saturated carbocycles. The normalized spacial score (nSPS) is 10.9. The van der Waals surface area contributed by atoms with E-state index < -0.39 is 11.4 Å². The molecule has 1 heterocycles. The highest BCUT2D eigenvalue weighted by atomic mass is 32.1. The number of rotatable bonds is 2. The average Bonchev–Trinajstić information content (AvgIpc) is 2.27. The Morgan fingerprint density at radius 2 is 2.06 bits per heavy atom. The maximum atomic E-state index is 11.5. The fourth-order valence-electron chi connectivity index (χ4n) is 1.36. The van der Waals surface area contributed by atoms with Gasteiger partial charge in [0.25, 0.3) is 5.56 Å². The van der Waals surface area contributed by atoms with Crippen LogP contribution in [0.5, 0.6) is 5.88 Å². The van der Waals surface area contributed by atoms with Crippen molar-refractivity contribution < 1.29 is 5.11 Å². The Morgan fingerprint density at radius 3 is 2.72 bits per heavy atom. The molecular formula is C11H10N4O2S. The summed E-state index contributed by atoms with van der Waals surface area (Å²) >= 11 is 4.70. The molecule has 7 heteroatoms. The topological polar surface area (TPSA) is 93.6 Å². The van der Waals surface area contributed by atoms with Crippen molar-refractivity contribution in [1.82, 2.24) is 9.97 Å². The van der Waals surface area contributed by atoms with E-state index in [1.54, 1.807) is 12.1 Å². The number of nitrogens with zero attached hydrogens (tertiary/aromatic N) is 2. The number of hydrogen-bond donors (Lipinski definition) is 3. The first-order valence-electron chi connectivity index (χ1n) is 5.10. The summed E-state index contributed by atoms with van der Waals surface area (Å²) in [6, 6.07) is 7.29. The third kappa shape index (κ3) is 2.69. The van der Waals surface area contributed by atoms with Gasteiger partial charge in [0.2, 0.25) is 11.6 Å². The molecule has 0 fully saturated rings. The van der Waals surface area contributed by atoms with Gasteiger partial charge in [0.05, 0.1) is 5.69 Å². The van der Waals surface area contributed by atoms with Gasteiger partial charge in [0.1, 0.15) is 0 Å². The second-order valence-electron chi connectivity index (χ2n) is 3.64. The summed E-state index contributed by atoms with van der Waals surface area (Å²) < 4.78 is 0.0343. The van der Waals surface area contributed by atoms with Crippen molar-refractivity contribution in [2.45, 2.75) is 6.92 Å². The second kappa shape index (κ2) is 4.92. The number of aromatic hydroxyl groups is 1. The molecule has 0 unspecified atom stereocenters. The highest BCUT2D eigenvalue weighted by molar-refractivity contribution is 7.71. The molecule has 0 radical (unpaired) electrons. The largest absolute Gasteiger partial charge is 0.493 e. The van der Waals surface area contributed by atoms with E-state index in [0.29, 0.717) is 5.69 Å². The summed E-state index contributed by atoms with van der Waals surface area (Å²) in [6.45, 7) is 1.92. The van der Waals surface area contributed by atoms with Crippen molar-refractivity contribution >= 4 is 23.6 Å². The molecule has 1 aromatic carbocycles. The Morgan fingerprint density at radius 1 is 1.28 bits per heavy atom. The third-order valence-electron chi connectivity index (χ3n) is 2.17. The van der Waals surface area contributed by atoms with Gasteiger partial charge in [0.15, 0.2) is 4.77 Å². The van der Waals surface area contributed by atoms with Gasteiger partial charge in [0, 0.05) is 0 Å². The van der Waals surface area contributed by atoms with Crippen LogP contribution in [0.15, 0.2) is 39.3 Å². The van der Waals surface area contributed by atoms with E-state index in [4.69, 9.17) is 12.2 Å². The van der Waals surface area contributed by atoms with E-state index in [-0.39, 0.29) is 10.5 Å². The predicted octanol–water partition coefficient (Wildman–Crippen LogP) is 2.86. The third-order valence-corrected chi connectivity index (χ3v) is 2.37. The van der Waals surface area contributed by atoms with Gasteiger partial charge in [-0.1, -0.05) is 12.1 Å².